The maximum absolute atomic E-state index is 12.7. The van der Waals surface area contributed by atoms with Gasteiger partial charge in [0.05, 0.1) is 11.7 Å². The SMILES string of the molecule is CS(=O)(=O)N1CCC2(CC1)CN(CC1CC1)CC21CCNC1=O.O=C(O)C(F)(F)F. The molecule has 0 radical (unpaired) electrons. The Morgan fingerprint density at radius 2 is 1.77 bits per heavy atom. The number of hydrogen-bond acceptors (Lipinski definition) is 5. The molecule has 2 N–H and O–H groups in total. The normalized spacial score (nSPS) is 29.7. The highest BCUT2D eigenvalue weighted by Crippen LogP contribution is 2.56. The summed E-state index contributed by atoms with van der Waals surface area (Å²) in [5.74, 6) is -1.72. The lowest BCUT2D eigenvalue weighted by atomic mass is 9.60. The lowest BCUT2D eigenvalue weighted by molar-refractivity contribution is -0.192. The average Bonchev–Trinajstić information content (AvgIpc) is 3.28. The van der Waals surface area contributed by atoms with E-state index in [1.807, 2.05) is 0 Å². The van der Waals surface area contributed by atoms with Crippen LogP contribution in [0.4, 0.5) is 13.2 Å². The van der Waals surface area contributed by atoms with Crippen LogP contribution in [0.2, 0.25) is 0 Å². The molecule has 1 unspecified atom stereocenters. The highest BCUT2D eigenvalue weighted by atomic mass is 32.2. The molecule has 3 aliphatic heterocycles. The van der Waals surface area contributed by atoms with E-state index < -0.39 is 22.2 Å². The number of aliphatic carboxylic acids is 1. The molecule has 0 aromatic rings. The second kappa shape index (κ2) is 7.94. The summed E-state index contributed by atoms with van der Waals surface area (Å²) >= 11 is 0. The van der Waals surface area contributed by atoms with Crippen molar-refractivity contribution in [2.45, 2.75) is 38.3 Å². The van der Waals surface area contributed by atoms with Crippen molar-refractivity contribution in [1.82, 2.24) is 14.5 Å². The van der Waals surface area contributed by atoms with Crippen LogP contribution in [0, 0.1) is 16.7 Å². The Morgan fingerprint density at radius 1 is 1.20 bits per heavy atom. The third-order valence-corrected chi connectivity index (χ3v) is 8.21. The van der Waals surface area contributed by atoms with Crippen LogP contribution >= 0.6 is 0 Å². The van der Waals surface area contributed by atoms with Crippen LogP contribution < -0.4 is 5.32 Å². The molecule has 0 aromatic carbocycles. The number of amides is 1. The van der Waals surface area contributed by atoms with Crippen LogP contribution in [0.25, 0.3) is 0 Å². The van der Waals surface area contributed by atoms with Crippen LogP contribution in [0.1, 0.15) is 32.1 Å². The number of alkyl halides is 3. The molecule has 4 rings (SSSR count). The van der Waals surface area contributed by atoms with E-state index in [1.165, 1.54) is 19.1 Å². The lowest BCUT2D eigenvalue weighted by Gasteiger charge is -2.46. The third-order valence-electron chi connectivity index (χ3n) is 6.91. The van der Waals surface area contributed by atoms with Crippen LogP contribution in [0.15, 0.2) is 0 Å². The van der Waals surface area contributed by atoms with Gasteiger partial charge in [-0.25, -0.2) is 17.5 Å². The van der Waals surface area contributed by atoms with E-state index in [0.717, 1.165) is 51.4 Å². The lowest BCUT2D eigenvalue weighted by Crippen LogP contribution is -2.53. The number of halogens is 3. The molecule has 1 aliphatic carbocycles. The number of nitrogens with zero attached hydrogens (tertiary/aromatic N) is 2. The summed E-state index contributed by atoms with van der Waals surface area (Å²) in [4.78, 5) is 24.1. The van der Waals surface area contributed by atoms with Gasteiger partial charge in [0, 0.05) is 44.7 Å². The van der Waals surface area contributed by atoms with E-state index in [-0.39, 0.29) is 16.7 Å². The van der Waals surface area contributed by atoms with Gasteiger partial charge >= 0.3 is 12.1 Å². The van der Waals surface area contributed by atoms with Gasteiger partial charge in [0.2, 0.25) is 15.9 Å². The van der Waals surface area contributed by atoms with Crippen molar-refractivity contribution < 1.29 is 36.3 Å². The van der Waals surface area contributed by atoms with Crippen molar-refractivity contribution in [3.8, 4) is 0 Å². The fourth-order valence-corrected chi connectivity index (χ4v) is 6.04. The number of carboxylic acids is 1. The third kappa shape index (κ3) is 4.59. The number of piperidine rings is 1. The molecule has 30 heavy (non-hydrogen) atoms. The number of carboxylic acid groups (broad SMARTS) is 1. The van der Waals surface area contributed by atoms with E-state index in [2.05, 4.69) is 10.2 Å². The summed E-state index contributed by atoms with van der Waals surface area (Å²) in [6, 6.07) is 0. The minimum atomic E-state index is -5.08. The Hall–Kier alpha value is -1.40. The Kier molecular flexibility index (Phi) is 6.16. The average molecular weight is 455 g/mol. The predicted octanol–water partition coefficient (Wildman–Crippen LogP) is 0.893. The Bertz CT molecular complexity index is 791. The minimum Gasteiger partial charge on any atom is -0.475 e. The maximum atomic E-state index is 12.7. The first kappa shape index (κ1) is 23.3. The van der Waals surface area contributed by atoms with Gasteiger partial charge in [0.1, 0.15) is 0 Å². The number of nitrogens with one attached hydrogen (secondary N) is 1. The van der Waals surface area contributed by atoms with Crippen molar-refractivity contribution in [3.05, 3.63) is 0 Å². The van der Waals surface area contributed by atoms with Crippen LogP contribution in [-0.4, -0.2) is 86.3 Å². The number of carbonyl (C=O) groups excluding carboxylic acids is 1. The molecule has 1 amide bonds. The van der Waals surface area contributed by atoms with E-state index in [9.17, 15) is 26.4 Å². The number of carbonyl (C=O) groups is 2. The van der Waals surface area contributed by atoms with Crippen LogP contribution in [0.5, 0.6) is 0 Å². The quantitative estimate of drug-likeness (QED) is 0.655. The topological polar surface area (TPSA) is 107 Å². The Morgan fingerprint density at radius 3 is 2.17 bits per heavy atom. The summed E-state index contributed by atoms with van der Waals surface area (Å²) in [6.07, 6.45) is 1.39. The zero-order valence-corrected chi connectivity index (χ0v) is 17.7. The zero-order valence-electron chi connectivity index (χ0n) is 16.9. The van der Waals surface area contributed by atoms with Gasteiger partial charge in [-0.15, -0.1) is 0 Å². The van der Waals surface area contributed by atoms with E-state index in [1.54, 1.807) is 4.31 Å². The summed E-state index contributed by atoms with van der Waals surface area (Å²) < 4.78 is 57.0. The van der Waals surface area contributed by atoms with Crippen molar-refractivity contribution in [3.63, 3.8) is 0 Å². The Balaban J connectivity index is 0.000000318. The van der Waals surface area contributed by atoms with E-state index in [0.29, 0.717) is 13.1 Å². The van der Waals surface area contributed by atoms with E-state index >= 15 is 0 Å². The first-order valence-electron chi connectivity index (χ1n) is 10.1. The number of fused-ring (bicyclic) bond motifs is 1. The van der Waals surface area contributed by atoms with Crippen molar-refractivity contribution >= 4 is 21.9 Å². The molecule has 2 spiro atoms. The summed E-state index contributed by atoms with van der Waals surface area (Å²) in [5.41, 5.74) is -0.324. The van der Waals surface area contributed by atoms with Gasteiger partial charge < -0.3 is 15.3 Å². The summed E-state index contributed by atoms with van der Waals surface area (Å²) in [7, 11) is -3.12. The molecule has 4 fully saturated rings. The minimum absolute atomic E-state index is 0.0380. The summed E-state index contributed by atoms with van der Waals surface area (Å²) in [6.45, 7) is 4.85. The molecule has 1 saturated carbocycles. The number of hydrogen-bond donors (Lipinski definition) is 2. The molecule has 172 valence electrons. The number of rotatable bonds is 3. The maximum Gasteiger partial charge on any atom is 0.490 e. The fraction of sp³-hybridized carbons (Fsp3) is 0.889. The van der Waals surface area contributed by atoms with Gasteiger partial charge in [-0.1, -0.05) is 0 Å². The number of likely N-dealkylation sites (tertiary alicyclic amines) is 1. The van der Waals surface area contributed by atoms with Crippen molar-refractivity contribution in [2.75, 3.05) is 45.5 Å². The van der Waals surface area contributed by atoms with Gasteiger partial charge in [0.25, 0.3) is 0 Å². The van der Waals surface area contributed by atoms with Crippen LogP contribution in [0.3, 0.4) is 0 Å². The van der Waals surface area contributed by atoms with Gasteiger partial charge in [-0.05, 0) is 38.0 Å². The molecular weight excluding hydrogens is 427 g/mol. The molecule has 3 saturated heterocycles. The molecule has 4 aliphatic rings. The number of sulfonamides is 1. The molecule has 0 aromatic heterocycles. The van der Waals surface area contributed by atoms with Gasteiger partial charge in [0.15, 0.2) is 0 Å². The highest BCUT2D eigenvalue weighted by Gasteiger charge is 2.63. The molecule has 12 heteroatoms. The highest BCUT2D eigenvalue weighted by molar-refractivity contribution is 7.88. The molecule has 1 atom stereocenters. The van der Waals surface area contributed by atoms with Crippen LogP contribution in [-0.2, 0) is 19.6 Å². The van der Waals surface area contributed by atoms with E-state index in [4.69, 9.17) is 9.90 Å². The molecule has 0 bridgehead atoms. The first-order valence-corrected chi connectivity index (χ1v) is 11.9. The zero-order chi connectivity index (χ0) is 22.4. The Labute approximate surface area is 173 Å². The molecule has 8 nitrogen and oxygen atoms in total. The second-order valence-corrected chi connectivity index (χ2v) is 10.9. The van der Waals surface area contributed by atoms with Gasteiger partial charge in [-0.2, -0.15) is 13.2 Å². The molecular formula is C18H28F3N3O5S. The predicted molar refractivity (Wildman–Crippen MR) is 101 cm³/mol. The van der Waals surface area contributed by atoms with Gasteiger partial charge in [-0.3, -0.25) is 4.79 Å². The summed E-state index contributed by atoms with van der Waals surface area (Å²) in [5, 5.41) is 10.2. The van der Waals surface area contributed by atoms with Crippen molar-refractivity contribution in [2.24, 2.45) is 16.7 Å². The standard InChI is InChI=1S/C16H27N3O3S.C2HF3O2/c1-23(21,22)19-8-5-15(6-9-19)11-18(10-13-2-3-13)12-16(15)4-7-17-14(16)20;3-2(4,5)1(6)7/h13H,2-12H2,1H3,(H,17,20);(H,6,7). The smallest absolute Gasteiger partial charge is 0.475 e. The first-order chi connectivity index (χ1) is 13.8. The molecule has 3 heterocycles. The fourth-order valence-electron chi connectivity index (χ4n) is 5.19. The monoisotopic (exact) mass is 455 g/mol. The second-order valence-electron chi connectivity index (χ2n) is 8.95. The van der Waals surface area contributed by atoms with Crippen molar-refractivity contribution in [1.29, 1.82) is 0 Å². The largest absolute Gasteiger partial charge is 0.490 e.